The summed E-state index contributed by atoms with van der Waals surface area (Å²) in [6.45, 7) is 9.98. The lowest BCUT2D eigenvalue weighted by atomic mass is 10.2. The van der Waals surface area contributed by atoms with E-state index in [2.05, 4.69) is 27.1 Å². The molecule has 6 heteroatoms. The number of halogens is 1. The van der Waals surface area contributed by atoms with Crippen molar-refractivity contribution in [3.8, 4) is 0 Å². The number of anilines is 1. The minimum Gasteiger partial charge on any atom is -0.368 e. The Labute approximate surface area is 125 Å². The van der Waals surface area contributed by atoms with Gasteiger partial charge in [0.15, 0.2) is 17.5 Å². The van der Waals surface area contributed by atoms with Crippen molar-refractivity contribution in [1.82, 2.24) is 14.9 Å². The molecule has 0 saturated carbocycles. The van der Waals surface area contributed by atoms with E-state index in [4.69, 9.17) is 4.74 Å². The molecule has 0 radical (unpaired) electrons. The summed E-state index contributed by atoms with van der Waals surface area (Å²) in [5.74, 6) is 0.497. The van der Waals surface area contributed by atoms with Gasteiger partial charge in [-0.2, -0.15) is 0 Å². The Morgan fingerprint density at radius 1 is 1.33 bits per heavy atom. The zero-order chi connectivity index (χ0) is 15.2. The number of aryl methyl sites for hydroxylation is 1. The van der Waals surface area contributed by atoms with Crippen LogP contribution in [0.15, 0.2) is 0 Å². The molecule has 1 aromatic rings. The van der Waals surface area contributed by atoms with Crippen LogP contribution in [0, 0.1) is 12.7 Å². The predicted octanol–water partition coefficient (Wildman–Crippen LogP) is 2.53. The van der Waals surface area contributed by atoms with Crippen LogP contribution in [0.25, 0.3) is 0 Å². The minimum atomic E-state index is -0.367. The van der Waals surface area contributed by atoms with Crippen LogP contribution in [0.5, 0.6) is 0 Å². The molecule has 1 N–H and O–H groups in total. The monoisotopic (exact) mass is 296 g/mol. The number of morpholine rings is 1. The van der Waals surface area contributed by atoms with Gasteiger partial charge in [0.25, 0.3) is 0 Å². The van der Waals surface area contributed by atoms with Crippen LogP contribution in [-0.4, -0.2) is 47.7 Å². The molecule has 0 aliphatic carbocycles. The highest BCUT2D eigenvalue weighted by Crippen LogP contribution is 2.23. The molecule has 118 valence electrons. The molecule has 1 aliphatic rings. The number of nitrogens with one attached hydrogen (secondary N) is 1. The van der Waals surface area contributed by atoms with Crippen molar-refractivity contribution in [2.24, 2.45) is 0 Å². The largest absolute Gasteiger partial charge is 0.368 e. The van der Waals surface area contributed by atoms with Gasteiger partial charge in [-0.1, -0.05) is 13.8 Å². The highest BCUT2D eigenvalue weighted by molar-refractivity contribution is 5.38. The van der Waals surface area contributed by atoms with Crippen molar-refractivity contribution in [3.05, 3.63) is 17.3 Å². The highest BCUT2D eigenvalue weighted by Gasteiger charge is 2.25. The third-order valence-electron chi connectivity index (χ3n) is 3.55. The second-order valence-corrected chi connectivity index (χ2v) is 5.42. The first-order valence-electron chi connectivity index (χ1n) is 7.77. The van der Waals surface area contributed by atoms with Crippen molar-refractivity contribution >= 4 is 5.82 Å². The Bertz CT molecular complexity index is 467. The fraction of sp³-hybridized carbons (Fsp3) is 0.733. The van der Waals surface area contributed by atoms with E-state index in [1.807, 2.05) is 6.92 Å². The van der Waals surface area contributed by atoms with E-state index < -0.39 is 0 Å². The average molecular weight is 296 g/mol. The molecule has 0 spiro atoms. The summed E-state index contributed by atoms with van der Waals surface area (Å²) in [6.07, 6.45) is 1.85. The quantitative estimate of drug-likeness (QED) is 0.874. The van der Waals surface area contributed by atoms with E-state index in [0.717, 1.165) is 32.5 Å². The first-order valence-corrected chi connectivity index (χ1v) is 7.77. The average Bonchev–Trinajstić information content (AvgIpc) is 2.49. The summed E-state index contributed by atoms with van der Waals surface area (Å²) in [5, 5.41) is 3.02. The third kappa shape index (κ3) is 4.11. The summed E-state index contributed by atoms with van der Waals surface area (Å²) in [7, 11) is 0. The van der Waals surface area contributed by atoms with Crippen LogP contribution < -0.4 is 5.32 Å². The number of hydrogen-bond acceptors (Lipinski definition) is 5. The summed E-state index contributed by atoms with van der Waals surface area (Å²) in [4.78, 5) is 11.0. The normalized spacial score (nSPS) is 19.7. The standard InChI is InChI=1S/C15H25FN4O/c1-4-6-17-15-13(16)11(3)18-14(19-15)12-10-20(7-5-2)8-9-21-12/h12H,4-10H2,1-3H3,(H,17,18,19). The van der Waals surface area contributed by atoms with Crippen molar-refractivity contribution in [3.63, 3.8) is 0 Å². The Morgan fingerprint density at radius 2 is 2.14 bits per heavy atom. The third-order valence-corrected chi connectivity index (χ3v) is 3.55. The molecule has 2 heterocycles. The Hall–Kier alpha value is -1.27. The van der Waals surface area contributed by atoms with Gasteiger partial charge in [0.2, 0.25) is 0 Å². The maximum Gasteiger partial charge on any atom is 0.186 e. The maximum absolute atomic E-state index is 14.0. The molecule has 1 atom stereocenters. The fourth-order valence-electron chi connectivity index (χ4n) is 2.46. The van der Waals surface area contributed by atoms with Crippen molar-refractivity contribution in [2.75, 3.05) is 38.1 Å². The minimum absolute atomic E-state index is 0.174. The first-order chi connectivity index (χ1) is 10.2. The molecule has 1 aliphatic heterocycles. The zero-order valence-corrected chi connectivity index (χ0v) is 13.2. The van der Waals surface area contributed by atoms with Gasteiger partial charge in [0, 0.05) is 19.6 Å². The summed E-state index contributed by atoms with van der Waals surface area (Å²) >= 11 is 0. The maximum atomic E-state index is 14.0. The number of nitrogens with zero attached hydrogens (tertiary/aromatic N) is 3. The first kappa shape index (κ1) is 16.1. The van der Waals surface area contributed by atoms with Crippen molar-refractivity contribution in [2.45, 2.75) is 39.7 Å². The van der Waals surface area contributed by atoms with Crippen LogP contribution >= 0.6 is 0 Å². The molecule has 5 nitrogen and oxygen atoms in total. The molecule has 0 amide bonds. The molecule has 1 saturated heterocycles. The number of hydrogen-bond donors (Lipinski definition) is 1. The Morgan fingerprint density at radius 3 is 2.86 bits per heavy atom. The Kier molecular flexibility index (Phi) is 5.87. The number of ether oxygens (including phenoxy) is 1. The van der Waals surface area contributed by atoms with Crippen LogP contribution in [0.1, 0.15) is 44.3 Å². The lowest BCUT2D eigenvalue weighted by Crippen LogP contribution is -2.39. The van der Waals surface area contributed by atoms with Crippen molar-refractivity contribution in [1.29, 1.82) is 0 Å². The van der Waals surface area contributed by atoms with E-state index in [-0.39, 0.29) is 17.7 Å². The van der Waals surface area contributed by atoms with Gasteiger partial charge in [0.05, 0.1) is 12.3 Å². The van der Waals surface area contributed by atoms with Gasteiger partial charge >= 0.3 is 0 Å². The van der Waals surface area contributed by atoms with E-state index >= 15 is 0 Å². The molecule has 2 rings (SSSR count). The van der Waals surface area contributed by atoms with Gasteiger partial charge in [-0.25, -0.2) is 14.4 Å². The van der Waals surface area contributed by atoms with E-state index in [9.17, 15) is 4.39 Å². The molecular weight excluding hydrogens is 271 g/mol. The lowest BCUT2D eigenvalue weighted by molar-refractivity contribution is -0.0342. The lowest BCUT2D eigenvalue weighted by Gasteiger charge is -2.32. The van der Waals surface area contributed by atoms with Crippen molar-refractivity contribution < 1.29 is 9.13 Å². The van der Waals surface area contributed by atoms with E-state index in [0.29, 0.717) is 24.7 Å². The van der Waals surface area contributed by atoms with Gasteiger partial charge in [-0.15, -0.1) is 0 Å². The number of rotatable bonds is 6. The molecule has 1 aromatic heterocycles. The topological polar surface area (TPSA) is 50.3 Å². The molecular formula is C15H25FN4O. The Balaban J connectivity index is 2.16. The van der Waals surface area contributed by atoms with Gasteiger partial charge in [0.1, 0.15) is 6.10 Å². The van der Waals surface area contributed by atoms with Crippen LogP contribution in [0.3, 0.4) is 0 Å². The summed E-state index contributed by atoms with van der Waals surface area (Å²) in [5.41, 5.74) is 0.370. The highest BCUT2D eigenvalue weighted by atomic mass is 19.1. The molecule has 1 unspecified atom stereocenters. The molecule has 1 fully saturated rings. The van der Waals surface area contributed by atoms with Crippen LogP contribution in [0.2, 0.25) is 0 Å². The molecule has 21 heavy (non-hydrogen) atoms. The fourth-order valence-corrected chi connectivity index (χ4v) is 2.46. The van der Waals surface area contributed by atoms with Crippen LogP contribution in [-0.2, 0) is 4.74 Å². The van der Waals surface area contributed by atoms with Gasteiger partial charge in [-0.05, 0) is 26.3 Å². The molecule has 0 bridgehead atoms. The predicted molar refractivity (Wildman–Crippen MR) is 80.9 cm³/mol. The second-order valence-electron chi connectivity index (χ2n) is 5.42. The van der Waals surface area contributed by atoms with Gasteiger partial charge in [-0.3, -0.25) is 4.90 Å². The summed E-state index contributed by atoms with van der Waals surface area (Å²) < 4.78 is 19.8. The number of aromatic nitrogens is 2. The van der Waals surface area contributed by atoms with Gasteiger partial charge < -0.3 is 10.1 Å². The summed E-state index contributed by atoms with van der Waals surface area (Å²) in [6, 6.07) is 0. The SMILES string of the molecule is CCCNc1nc(C2CN(CCC)CCO2)nc(C)c1F. The van der Waals surface area contributed by atoms with E-state index in [1.165, 1.54) is 0 Å². The van der Waals surface area contributed by atoms with E-state index in [1.54, 1.807) is 6.92 Å². The zero-order valence-electron chi connectivity index (χ0n) is 13.2. The second kappa shape index (κ2) is 7.66. The smallest absolute Gasteiger partial charge is 0.186 e. The van der Waals surface area contributed by atoms with Crippen LogP contribution in [0.4, 0.5) is 10.2 Å². The molecule has 0 aromatic carbocycles.